The van der Waals surface area contributed by atoms with Gasteiger partial charge in [0.2, 0.25) is 0 Å². The zero-order valence-corrected chi connectivity index (χ0v) is 31.7. The molecule has 0 fully saturated rings. The van der Waals surface area contributed by atoms with Gasteiger partial charge in [-0.05, 0) is 80.9 Å². The van der Waals surface area contributed by atoms with Gasteiger partial charge in [0, 0.05) is 44.5 Å². The van der Waals surface area contributed by atoms with Crippen molar-refractivity contribution in [1.29, 1.82) is 0 Å². The first-order valence-corrected chi connectivity index (χ1v) is 19.3. The van der Waals surface area contributed by atoms with Crippen molar-refractivity contribution in [3.63, 3.8) is 0 Å². The van der Waals surface area contributed by atoms with E-state index >= 15 is 0 Å². The van der Waals surface area contributed by atoms with Crippen LogP contribution in [0.1, 0.15) is 49.9 Å². The second-order valence-corrected chi connectivity index (χ2v) is 16.1. The Labute approximate surface area is 326 Å². The van der Waals surface area contributed by atoms with E-state index < -0.39 is 0 Å². The molecule has 0 unspecified atom stereocenters. The molecule has 7 aromatic carbocycles. The number of aromatic nitrogens is 4. The lowest BCUT2D eigenvalue weighted by Gasteiger charge is -2.22. The fourth-order valence-electron chi connectivity index (χ4n) is 9.31. The summed E-state index contributed by atoms with van der Waals surface area (Å²) in [6.45, 7) is 9.39. The summed E-state index contributed by atoms with van der Waals surface area (Å²) in [6.07, 6.45) is 0. The average Bonchev–Trinajstić information content (AvgIpc) is 3.76. The second kappa shape index (κ2) is 11.8. The van der Waals surface area contributed by atoms with Crippen molar-refractivity contribution in [2.24, 2.45) is 0 Å². The molecule has 2 aliphatic rings. The SMILES string of the molecule is CC1(C)c2ccccc2-c2cc3c4cc5c(cc4n(-c4cccc(Oc6nc(-c7ccccc7)nc(-c7ccccc7)n6)c4)c3cc21)C(C)(C)c1ccccc1-5. The Bertz CT molecular complexity index is 2870. The van der Waals surface area contributed by atoms with E-state index in [2.05, 4.69) is 123 Å². The van der Waals surface area contributed by atoms with Crippen LogP contribution in [0.3, 0.4) is 0 Å². The first-order valence-electron chi connectivity index (χ1n) is 19.3. The van der Waals surface area contributed by atoms with Gasteiger partial charge in [-0.2, -0.15) is 9.97 Å². The molecule has 5 heteroatoms. The standard InChI is InChI=1S/C51H38N4O/c1-50(2)41-24-13-11-22-35(41)37-27-39-40-28-38-36-23-12-14-25-42(36)51(3,4)44(38)30-46(40)55(45(39)29-43(37)50)33-20-15-21-34(26-33)56-49-53-47(31-16-7-5-8-17-31)52-48(54-49)32-18-9-6-10-19-32/h5-30H,1-4H3. The maximum absolute atomic E-state index is 6.59. The van der Waals surface area contributed by atoms with Crippen LogP contribution >= 0.6 is 0 Å². The molecule has 56 heavy (non-hydrogen) atoms. The molecule has 11 rings (SSSR count). The van der Waals surface area contributed by atoms with E-state index in [1.54, 1.807) is 0 Å². The lowest BCUT2D eigenvalue weighted by Crippen LogP contribution is -2.15. The van der Waals surface area contributed by atoms with Gasteiger partial charge in [-0.1, -0.05) is 143 Å². The molecule has 0 N–H and O–H groups in total. The molecule has 2 aliphatic carbocycles. The Morgan fingerprint density at radius 3 is 1.43 bits per heavy atom. The Kier molecular flexibility index (Phi) is 6.88. The zero-order valence-electron chi connectivity index (χ0n) is 31.7. The first-order chi connectivity index (χ1) is 27.3. The van der Waals surface area contributed by atoms with Crippen LogP contribution in [0, 0.1) is 0 Å². The molecular formula is C51H38N4O. The second-order valence-electron chi connectivity index (χ2n) is 16.1. The summed E-state index contributed by atoms with van der Waals surface area (Å²) in [6, 6.07) is 56.0. The highest BCUT2D eigenvalue weighted by Gasteiger charge is 2.38. The molecule has 0 bridgehead atoms. The van der Waals surface area contributed by atoms with Crippen molar-refractivity contribution in [1.82, 2.24) is 19.5 Å². The number of rotatable bonds is 5. The highest BCUT2D eigenvalue weighted by molar-refractivity contribution is 6.13. The fraction of sp³-hybridized carbons (Fsp3) is 0.118. The van der Waals surface area contributed by atoms with Gasteiger partial charge in [0.05, 0.1) is 11.0 Å². The largest absolute Gasteiger partial charge is 0.424 e. The molecule has 2 aromatic heterocycles. The molecule has 0 saturated heterocycles. The molecule has 0 spiro atoms. The minimum Gasteiger partial charge on any atom is -0.424 e. The fourth-order valence-corrected chi connectivity index (χ4v) is 9.31. The molecule has 0 radical (unpaired) electrons. The number of fused-ring (bicyclic) bond motifs is 9. The van der Waals surface area contributed by atoms with Crippen molar-refractivity contribution in [3.8, 4) is 62.5 Å². The third-order valence-corrected chi connectivity index (χ3v) is 12.1. The molecule has 0 saturated carbocycles. The van der Waals surface area contributed by atoms with Crippen LogP contribution in [0.15, 0.2) is 158 Å². The Morgan fingerprint density at radius 2 is 0.911 bits per heavy atom. The first kappa shape index (κ1) is 32.6. The maximum Gasteiger partial charge on any atom is 0.326 e. The molecule has 2 heterocycles. The summed E-state index contributed by atoms with van der Waals surface area (Å²) in [7, 11) is 0. The van der Waals surface area contributed by atoms with Gasteiger partial charge < -0.3 is 9.30 Å². The minimum absolute atomic E-state index is 0.138. The summed E-state index contributed by atoms with van der Waals surface area (Å²) >= 11 is 0. The summed E-state index contributed by atoms with van der Waals surface area (Å²) in [4.78, 5) is 14.5. The van der Waals surface area contributed by atoms with E-state index in [1.165, 1.54) is 66.3 Å². The smallest absolute Gasteiger partial charge is 0.326 e. The summed E-state index contributed by atoms with van der Waals surface area (Å²) in [5.41, 5.74) is 15.5. The predicted octanol–water partition coefficient (Wildman–Crippen LogP) is 12.7. The van der Waals surface area contributed by atoms with Gasteiger partial charge in [-0.15, -0.1) is 0 Å². The van der Waals surface area contributed by atoms with Crippen LogP contribution in [0.2, 0.25) is 0 Å². The summed E-state index contributed by atoms with van der Waals surface area (Å²) < 4.78 is 9.01. The number of hydrogen-bond donors (Lipinski definition) is 0. The van der Waals surface area contributed by atoms with E-state index in [0.717, 1.165) is 16.8 Å². The van der Waals surface area contributed by atoms with Crippen molar-refractivity contribution in [2.75, 3.05) is 0 Å². The quantitative estimate of drug-likeness (QED) is 0.177. The van der Waals surface area contributed by atoms with E-state index in [1.807, 2.05) is 66.7 Å². The van der Waals surface area contributed by atoms with Crippen LogP contribution in [0.4, 0.5) is 0 Å². The topological polar surface area (TPSA) is 52.8 Å². The van der Waals surface area contributed by atoms with Crippen LogP contribution in [0.25, 0.3) is 72.5 Å². The highest BCUT2D eigenvalue weighted by atomic mass is 16.5. The summed E-state index contributed by atoms with van der Waals surface area (Å²) in [5.74, 6) is 1.76. The van der Waals surface area contributed by atoms with Gasteiger partial charge in [0.1, 0.15) is 5.75 Å². The minimum atomic E-state index is -0.138. The van der Waals surface area contributed by atoms with Crippen LogP contribution in [0.5, 0.6) is 11.8 Å². The van der Waals surface area contributed by atoms with E-state index in [4.69, 9.17) is 19.7 Å². The van der Waals surface area contributed by atoms with Crippen molar-refractivity contribution >= 4 is 21.8 Å². The molecule has 5 nitrogen and oxygen atoms in total. The van der Waals surface area contributed by atoms with Crippen molar-refractivity contribution < 1.29 is 4.74 Å². The molecule has 0 amide bonds. The van der Waals surface area contributed by atoms with E-state index in [-0.39, 0.29) is 16.8 Å². The Hall–Kier alpha value is -6.85. The third kappa shape index (κ3) is 4.77. The van der Waals surface area contributed by atoms with Gasteiger partial charge in [0.25, 0.3) is 0 Å². The number of hydrogen-bond acceptors (Lipinski definition) is 4. The van der Waals surface area contributed by atoms with Gasteiger partial charge in [-0.3, -0.25) is 0 Å². The summed E-state index contributed by atoms with van der Waals surface area (Å²) in [5, 5.41) is 2.47. The zero-order chi connectivity index (χ0) is 37.8. The molecule has 268 valence electrons. The Balaban J connectivity index is 1.12. The van der Waals surface area contributed by atoms with Gasteiger partial charge in [0.15, 0.2) is 11.6 Å². The van der Waals surface area contributed by atoms with E-state index in [9.17, 15) is 0 Å². The monoisotopic (exact) mass is 722 g/mol. The molecule has 0 atom stereocenters. The lowest BCUT2D eigenvalue weighted by atomic mass is 9.82. The number of nitrogens with zero attached hydrogens (tertiary/aromatic N) is 4. The number of benzene rings is 7. The number of ether oxygens (including phenoxy) is 1. The third-order valence-electron chi connectivity index (χ3n) is 12.1. The van der Waals surface area contributed by atoms with Crippen LogP contribution in [-0.4, -0.2) is 19.5 Å². The predicted molar refractivity (Wildman–Crippen MR) is 227 cm³/mol. The van der Waals surface area contributed by atoms with E-state index in [0.29, 0.717) is 17.4 Å². The highest BCUT2D eigenvalue weighted by Crippen LogP contribution is 2.54. The maximum atomic E-state index is 6.59. The lowest BCUT2D eigenvalue weighted by molar-refractivity contribution is 0.441. The normalized spacial score (nSPS) is 14.4. The van der Waals surface area contributed by atoms with Crippen molar-refractivity contribution in [2.45, 2.75) is 38.5 Å². The Morgan fingerprint density at radius 1 is 0.429 bits per heavy atom. The van der Waals surface area contributed by atoms with Gasteiger partial charge in [-0.25, -0.2) is 4.98 Å². The molecular weight excluding hydrogens is 685 g/mol. The van der Waals surface area contributed by atoms with Crippen LogP contribution in [-0.2, 0) is 10.8 Å². The van der Waals surface area contributed by atoms with Crippen molar-refractivity contribution in [3.05, 3.63) is 180 Å². The van der Waals surface area contributed by atoms with Gasteiger partial charge >= 0.3 is 6.01 Å². The average molecular weight is 723 g/mol. The molecule has 9 aromatic rings. The van der Waals surface area contributed by atoms with Crippen LogP contribution < -0.4 is 4.74 Å². The molecule has 0 aliphatic heterocycles.